The summed E-state index contributed by atoms with van der Waals surface area (Å²) >= 11 is 5.91. The van der Waals surface area contributed by atoms with Crippen molar-refractivity contribution >= 4 is 11.6 Å². The molecule has 1 unspecified atom stereocenters. The second-order valence-corrected chi connectivity index (χ2v) is 4.48. The fraction of sp³-hybridized carbons (Fsp3) is 0.286. The van der Waals surface area contributed by atoms with Gasteiger partial charge < -0.3 is 10.1 Å². The summed E-state index contributed by atoms with van der Waals surface area (Å²) in [6.45, 7) is 2.89. The molecule has 1 atom stereocenters. The van der Waals surface area contributed by atoms with E-state index >= 15 is 0 Å². The largest absolute Gasteiger partial charge is 0.480 e. The highest BCUT2D eigenvalue weighted by Gasteiger charge is 2.15. The molecule has 2 aromatic rings. The summed E-state index contributed by atoms with van der Waals surface area (Å²) in [5, 5.41) is 12.3. The van der Waals surface area contributed by atoms with Crippen LogP contribution in [0.3, 0.4) is 0 Å². The van der Waals surface area contributed by atoms with Crippen molar-refractivity contribution in [2.45, 2.75) is 13.0 Å². The smallest absolute Gasteiger partial charge is 0.233 e. The molecule has 1 aromatic carbocycles. The molecule has 0 amide bonds. The van der Waals surface area contributed by atoms with E-state index in [-0.39, 0.29) is 6.04 Å². The molecule has 0 radical (unpaired) electrons. The lowest BCUT2D eigenvalue weighted by atomic mass is 10.0. The fourth-order valence-corrected chi connectivity index (χ4v) is 1.97. The van der Waals surface area contributed by atoms with Gasteiger partial charge in [-0.05, 0) is 30.3 Å². The second kappa shape index (κ2) is 6.50. The number of hydrogen-bond donors (Lipinski definition) is 1. The Morgan fingerprint density at radius 2 is 1.89 bits per heavy atom. The molecule has 1 heterocycles. The zero-order chi connectivity index (χ0) is 13.7. The van der Waals surface area contributed by atoms with Crippen LogP contribution in [0.4, 0.5) is 0 Å². The second-order valence-electron chi connectivity index (χ2n) is 4.04. The summed E-state index contributed by atoms with van der Waals surface area (Å²) in [7, 11) is 1.57. The monoisotopic (exact) mass is 277 g/mol. The third kappa shape index (κ3) is 3.43. The molecule has 4 nitrogen and oxygen atoms in total. The molecule has 0 saturated heterocycles. The van der Waals surface area contributed by atoms with Gasteiger partial charge in [0.25, 0.3) is 0 Å². The fourth-order valence-electron chi connectivity index (χ4n) is 1.85. The Balaban J connectivity index is 2.30. The van der Waals surface area contributed by atoms with Crippen LogP contribution in [-0.2, 0) is 0 Å². The number of hydrogen-bond acceptors (Lipinski definition) is 4. The van der Waals surface area contributed by atoms with Crippen LogP contribution in [0.15, 0.2) is 36.4 Å². The summed E-state index contributed by atoms with van der Waals surface area (Å²) in [6.07, 6.45) is 0. The van der Waals surface area contributed by atoms with E-state index in [9.17, 15) is 0 Å². The first-order valence-electron chi connectivity index (χ1n) is 6.11. The van der Waals surface area contributed by atoms with Crippen LogP contribution in [0.1, 0.15) is 24.2 Å². The number of aromatic nitrogens is 2. The maximum Gasteiger partial charge on any atom is 0.233 e. The number of benzene rings is 1. The van der Waals surface area contributed by atoms with Gasteiger partial charge in [-0.15, -0.1) is 10.2 Å². The Morgan fingerprint density at radius 3 is 2.42 bits per heavy atom. The number of methoxy groups -OCH3 is 1. The minimum atomic E-state index is 0.000623. The first-order valence-corrected chi connectivity index (χ1v) is 6.49. The SMILES string of the molecule is CCNC(c1ccc(Cl)cc1)c1ccc(OC)nn1. The van der Waals surface area contributed by atoms with Gasteiger partial charge in [0.15, 0.2) is 0 Å². The molecule has 0 bridgehead atoms. The molecule has 19 heavy (non-hydrogen) atoms. The van der Waals surface area contributed by atoms with Crippen molar-refractivity contribution in [1.29, 1.82) is 0 Å². The molecule has 1 aromatic heterocycles. The van der Waals surface area contributed by atoms with Crippen molar-refractivity contribution in [3.63, 3.8) is 0 Å². The Labute approximate surface area is 117 Å². The van der Waals surface area contributed by atoms with E-state index in [1.54, 1.807) is 7.11 Å². The maximum absolute atomic E-state index is 5.91. The van der Waals surface area contributed by atoms with E-state index in [0.717, 1.165) is 22.8 Å². The van der Waals surface area contributed by atoms with E-state index in [1.807, 2.05) is 36.4 Å². The predicted molar refractivity (Wildman–Crippen MR) is 75.6 cm³/mol. The third-order valence-corrected chi connectivity index (χ3v) is 3.03. The number of halogens is 1. The molecular formula is C14H16ClN3O. The molecule has 0 fully saturated rings. The van der Waals surface area contributed by atoms with Gasteiger partial charge in [0.1, 0.15) is 0 Å². The van der Waals surface area contributed by atoms with Crippen molar-refractivity contribution in [2.24, 2.45) is 0 Å². The van der Waals surface area contributed by atoms with Crippen LogP contribution in [0.2, 0.25) is 5.02 Å². The Kier molecular flexibility index (Phi) is 4.71. The van der Waals surface area contributed by atoms with Gasteiger partial charge >= 0.3 is 0 Å². The molecular weight excluding hydrogens is 262 g/mol. The van der Waals surface area contributed by atoms with Gasteiger partial charge in [-0.3, -0.25) is 0 Å². The summed E-state index contributed by atoms with van der Waals surface area (Å²) in [6, 6.07) is 11.4. The molecule has 2 rings (SSSR count). The zero-order valence-corrected chi connectivity index (χ0v) is 11.7. The highest BCUT2D eigenvalue weighted by atomic mass is 35.5. The lowest BCUT2D eigenvalue weighted by Crippen LogP contribution is -2.23. The van der Waals surface area contributed by atoms with Crippen molar-refractivity contribution in [3.05, 3.63) is 52.7 Å². The standard InChI is InChI=1S/C14H16ClN3O/c1-3-16-14(10-4-6-11(15)7-5-10)12-8-9-13(19-2)18-17-12/h4-9,14,16H,3H2,1-2H3. The lowest BCUT2D eigenvalue weighted by molar-refractivity contribution is 0.390. The van der Waals surface area contributed by atoms with E-state index in [2.05, 4.69) is 22.4 Å². The normalized spacial score (nSPS) is 12.2. The Hall–Kier alpha value is -1.65. The topological polar surface area (TPSA) is 47.0 Å². The molecule has 0 aliphatic rings. The molecule has 100 valence electrons. The lowest BCUT2D eigenvalue weighted by Gasteiger charge is -2.17. The molecule has 0 aliphatic carbocycles. The molecule has 1 N–H and O–H groups in total. The number of rotatable bonds is 5. The van der Waals surface area contributed by atoms with Gasteiger partial charge in [0.05, 0.1) is 18.8 Å². The number of nitrogens with zero attached hydrogens (tertiary/aromatic N) is 2. The van der Waals surface area contributed by atoms with Crippen LogP contribution in [0.25, 0.3) is 0 Å². The quantitative estimate of drug-likeness (QED) is 0.913. The van der Waals surface area contributed by atoms with Gasteiger partial charge in [-0.1, -0.05) is 30.7 Å². The van der Waals surface area contributed by atoms with Gasteiger partial charge in [0, 0.05) is 11.1 Å². The third-order valence-electron chi connectivity index (χ3n) is 2.78. The predicted octanol–water partition coefficient (Wildman–Crippen LogP) is 2.84. The Bertz CT molecular complexity index is 513. The van der Waals surface area contributed by atoms with Crippen LogP contribution in [-0.4, -0.2) is 23.9 Å². The number of nitrogens with one attached hydrogen (secondary N) is 1. The van der Waals surface area contributed by atoms with Crippen molar-refractivity contribution in [1.82, 2.24) is 15.5 Å². The van der Waals surface area contributed by atoms with Crippen LogP contribution in [0, 0.1) is 0 Å². The van der Waals surface area contributed by atoms with E-state index in [0.29, 0.717) is 5.88 Å². The van der Waals surface area contributed by atoms with Crippen molar-refractivity contribution in [3.8, 4) is 5.88 Å². The summed E-state index contributed by atoms with van der Waals surface area (Å²) < 4.78 is 5.02. The van der Waals surface area contributed by atoms with Gasteiger partial charge in [-0.2, -0.15) is 0 Å². The van der Waals surface area contributed by atoms with Gasteiger partial charge in [0.2, 0.25) is 5.88 Å². The summed E-state index contributed by atoms with van der Waals surface area (Å²) in [4.78, 5) is 0. The summed E-state index contributed by atoms with van der Waals surface area (Å²) in [5.41, 5.74) is 1.95. The van der Waals surface area contributed by atoms with E-state index < -0.39 is 0 Å². The van der Waals surface area contributed by atoms with E-state index in [4.69, 9.17) is 16.3 Å². The van der Waals surface area contributed by atoms with Crippen LogP contribution < -0.4 is 10.1 Å². The van der Waals surface area contributed by atoms with Gasteiger partial charge in [-0.25, -0.2) is 0 Å². The highest BCUT2D eigenvalue weighted by Crippen LogP contribution is 2.22. The summed E-state index contributed by atoms with van der Waals surface area (Å²) in [5.74, 6) is 0.509. The zero-order valence-electron chi connectivity index (χ0n) is 10.9. The van der Waals surface area contributed by atoms with Crippen LogP contribution in [0.5, 0.6) is 5.88 Å². The van der Waals surface area contributed by atoms with E-state index in [1.165, 1.54) is 0 Å². The minimum absolute atomic E-state index is 0.000623. The van der Waals surface area contributed by atoms with Crippen molar-refractivity contribution < 1.29 is 4.74 Å². The first kappa shape index (κ1) is 13.8. The average molecular weight is 278 g/mol. The molecule has 0 aliphatic heterocycles. The Morgan fingerprint density at radius 1 is 1.16 bits per heavy atom. The minimum Gasteiger partial charge on any atom is -0.480 e. The molecule has 0 spiro atoms. The first-order chi connectivity index (χ1) is 9.24. The average Bonchev–Trinajstić information content (AvgIpc) is 2.46. The highest BCUT2D eigenvalue weighted by molar-refractivity contribution is 6.30. The maximum atomic E-state index is 5.91. The molecule has 0 saturated carbocycles. The van der Waals surface area contributed by atoms with Crippen molar-refractivity contribution in [2.75, 3.05) is 13.7 Å². The molecule has 5 heteroatoms. The number of ether oxygens (including phenoxy) is 1. The van der Waals surface area contributed by atoms with Crippen LogP contribution >= 0.6 is 11.6 Å².